The van der Waals surface area contributed by atoms with E-state index in [1.807, 2.05) is 0 Å². The van der Waals surface area contributed by atoms with Gasteiger partial charge in [0.15, 0.2) is 0 Å². The lowest BCUT2D eigenvalue weighted by atomic mass is 10.6. The van der Waals surface area contributed by atoms with E-state index >= 15 is 0 Å². The van der Waals surface area contributed by atoms with E-state index in [0.29, 0.717) is 0 Å². The van der Waals surface area contributed by atoms with Crippen LogP contribution in [0.25, 0.3) is 0 Å². The van der Waals surface area contributed by atoms with Gasteiger partial charge in [-0.05, 0) is 0 Å². The van der Waals surface area contributed by atoms with Gasteiger partial charge in [0.1, 0.15) is 6.61 Å². The molecule has 0 saturated heterocycles. The van der Waals surface area contributed by atoms with Crippen LogP contribution in [0.1, 0.15) is 0 Å². The van der Waals surface area contributed by atoms with Gasteiger partial charge in [0, 0.05) is 0 Å². The minimum atomic E-state index is -0.582. The number of carbonyl (C=O) groups is 1. The fraction of sp³-hybridized carbons (Fsp3) is 0.500. The number of aliphatic hydroxyl groups is 1. The van der Waals surface area contributed by atoms with Gasteiger partial charge in [0.2, 0.25) is 12.2 Å². The van der Waals surface area contributed by atoms with Crippen LogP contribution in [0.2, 0.25) is 0 Å². The van der Waals surface area contributed by atoms with Gasteiger partial charge in [-0.2, -0.15) is 0 Å². The highest BCUT2D eigenvalue weighted by Crippen LogP contribution is 1.56. The Kier molecular flexibility index (Phi) is 3.78. The largest absolute Gasteiger partial charge is 0.387 e. The maximum atomic E-state index is 10.0. The number of hydrogen-bond donors (Lipinski definition) is 2. The molecule has 2 N–H and O–H groups in total. The highest BCUT2D eigenvalue weighted by molar-refractivity contribution is 5.79. The van der Waals surface area contributed by atoms with Crippen LogP contribution >= 0.6 is 0 Å². The van der Waals surface area contributed by atoms with Crippen molar-refractivity contribution in [3.8, 4) is 0 Å². The Balaban J connectivity index is 3.11. The Morgan fingerprint density at radius 3 is 2.75 bits per heavy atom. The van der Waals surface area contributed by atoms with Crippen LogP contribution in [0.4, 0.5) is 0 Å². The molecule has 0 spiro atoms. The molecule has 4 heteroatoms. The van der Waals surface area contributed by atoms with Crippen molar-refractivity contribution in [3.63, 3.8) is 0 Å². The molecule has 8 heavy (non-hydrogen) atoms. The summed E-state index contributed by atoms with van der Waals surface area (Å²) in [5, 5.41) is 10.1. The SMILES string of the molecule is O=[C]CNC(=O)CO. The first-order valence-electron chi connectivity index (χ1n) is 2.04. The van der Waals surface area contributed by atoms with E-state index in [-0.39, 0.29) is 6.54 Å². The maximum absolute atomic E-state index is 10.0. The number of nitrogens with one attached hydrogen (secondary N) is 1. The first-order chi connectivity index (χ1) is 3.81. The zero-order valence-corrected chi connectivity index (χ0v) is 4.18. The van der Waals surface area contributed by atoms with Gasteiger partial charge < -0.3 is 10.4 Å². The number of hydrogen-bond acceptors (Lipinski definition) is 3. The summed E-state index contributed by atoms with van der Waals surface area (Å²) < 4.78 is 0. The van der Waals surface area contributed by atoms with Gasteiger partial charge >= 0.3 is 0 Å². The van der Waals surface area contributed by atoms with E-state index in [2.05, 4.69) is 5.32 Å². The molecule has 0 unspecified atom stereocenters. The van der Waals surface area contributed by atoms with Crippen molar-refractivity contribution in [3.05, 3.63) is 0 Å². The third-order valence-electron chi connectivity index (χ3n) is 0.501. The van der Waals surface area contributed by atoms with Gasteiger partial charge in [-0.15, -0.1) is 0 Å². The van der Waals surface area contributed by atoms with Crippen LogP contribution in [0.15, 0.2) is 0 Å². The molecule has 0 aromatic heterocycles. The van der Waals surface area contributed by atoms with Crippen LogP contribution in [0.5, 0.6) is 0 Å². The zero-order valence-electron chi connectivity index (χ0n) is 4.18. The second kappa shape index (κ2) is 4.26. The molecule has 0 atom stereocenters. The third-order valence-corrected chi connectivity index (χ3v) is 0.501. The number of carbonyl (C=O) groups excluding carboxylic acids is 2. The van der Waals surface area contributed by atoms with Crippen LogP contribution in [-0.4, -0.2) is 30.5 Å². The van der Waals surface area contributed by atoms with E-state index in [4.69, 9.17) is 5.11 Å². The standard InChI is InChI=1S/C4H6NO3/c6-2-1-5-4(8)3-7/h7H,1,3H2,(H,5,8). The predicted octanol–water partition coefficient (Wildman–Crippen LogP) is -1.80. The quantitative estimate of drug-likeness (QED) is 0.457. The molecule has 1 radical (unpaired) electrons. The Morgan fingerprint density at radius 2 is 2.38 bits per heavy atom. The second-order valence-corrected chi connectivity index (χ2v) is 1.08. The molecule has 0 fully saturated rings. The summed E-state index contributed by atoms with van der Waals surface area (Å²) in [6.07, 6.45) is 1.44. The lowest BCUT2D eigenvalue weighted by Crippen LogP contribution is -2.27. The summed E-state index contributed by atoms with van der Waals surface area (Å²) in [5.74, 6) is -0.562. The van der Waals surface area contributed by atoms with Gasteiger partial charge in [0.25, 0.3) is 0 Å². The average molecular weight is 116 g/mol. The highest BCUT2D eigenvalue weighted by Gasteiger charge is 1.92. The highest BCUT2D eigenvalue weighted by atomic mass is 16.3. The average Bonchev–Trinajstić information content (AvgIpc) is 1.83. The van der Waals surface area contributed by atoms with Crippen molar-refractivity contribution in [1.29, 1.82) is 0 Å². The van der Waals surface area contributed by atoms with E-state index in [9.17, 15) is 9.59 Å². The van der Waals surface area contributed by atoms with Crippen LogP contribution < -0.4 is 5.32 Å². The molecule has 45 valence electrons. The smallest absolute Gasteiger partial charge is 0.246 e. The van der Waals surface area contributed by atoms with Crippen LogP contribution in [0, 0.1) is 0 Å². The third kappa shape index (κ3) is 3.30. The Labute approximate surface area is 46.5 Å². The van der Waals surface area contributed by atoms with Gasteiger partial charge in [-0.25, -0.2) is 0 Å². The summed E-state index contributed by atoms with van der Waals surface area (Å²) in [4.78, 5) is 19.4. The molecule has 0 aromatic carbocycles. The molecule has 0 aliphatic rings. The van der Waals surface area contributed by atoms with Crippen molar-refractivity contribution in [2.45, 2.75) is 0 Å². The van der Waals surface area contributed by atoms with E-state index in [1.165, 1.54) is 6.29 Å². The van der Waals surface area contributed by atoms with Crippen molar-refractivity contribution < 1.29 is 14.7 Å². The molecule has 0 bridgehead atoms. The summed E-state index contributed by atoms with van der Waals surface area (Å²) in [6, 6.07) is 0. The van der Waals surface area contributed by atoms with Crippen molar-refractivity contribution in [2.24, 2.45) is 0 Å². The molecule has 0 heterocycles. The topological polar surface area (TPSA) is 66.4 Å². The van der Waals surface area contributed by atoms with Gasteiger partial charge in [0.05, 0.1) is 6.54 Å². The summed E-state index contributed by atoms with van der Waals surface area (Å²) in [7, 11) is 0. The fourth-order valence-electron chi connectivity index (χ4n) is 0.191. The maximum Gasteiger partial charge on any atom is 0.246 e. The number of rotatable bonds is 3. The van der Waals surface area contributed by atoms with E-state index < -0.39 is 12.5 Å². The normalized spacial score (nSPS) is 8.12. The van der Waals surface area contributed by atoms with Crippen molar-refractivity contribution >= 4 is 12.2 Å². The van der Waals surface area contributed by atoms with E-state index in [1.54, 1.807) is 0 Å². The second-order valence-electron chi connectivity index (χ2n) is 1.08. The lowest BCUT2D eigenvalue weighted by molar-refractivity contribution is -0.123. The lowest BCUT2D eigenvalue weighted by Gasteiger charge is -1.91. The molecular weight excluding hydrogens is 110 g/mol. The summed E-state index contributed by atoms with van der Waals surface area (Å²) >= 11 is 0. The zero-order chi connectivity index (χ0) is 6.41. The minimum absolute atomic E-state index is 0.153. The number of amides is 1. The van der Waals surface area contributed by atoms with Gasteiger partial charge in [-0.1, -0.05) is 0 Å². The van der Waals surface area contributed by atoms with Crippen molar-refractivity contribution in [1.82, 2.24) is 5.32 Å². The minimum Gasteiger partial charge on any atom is -0.387 e. The molecular formula is C4H6NO3. The molecule has 0 saturated carbocycles. The fourth-order valence-corrected chi connectivity index (χ4v) is 0.191. The molecule has 1 amide bonds. The summed E-state index contributed by atoms with van der Waals surface area (Å²) in [6.45, 7) is -0.735. The van der Waals surface area contributed by atoms with E-state index in [0.717, 1.165) is 0 Å². The molecule has 0 rings (SSSR count). The van der Waals surface area contributed by atoms with Crippen molar-refractivity contribution in [2.75, 3.05) is 13.2 Å². The van der Waals surface area contributed by atoms with Crippen LogP contribution in [-0.2, 0) is 9.59 Å². The summed E-state index contributed by atoms with van der Waals surface area (Å²) in [5.41, 5.74) is 0. The Morgan fingerprint density at radius 1 is 1.75 bits per heavy atom. The van der Waals surface area contributed by atoms with Crippen LogP contribution in [0.3, 0.4) is 0 Å². The van der Waals surface area contributed by atoms with Gasteiger partial charge in [-0.3, -0.25) is 9.59 Å². The first-order valence-corrected chi connectivity index (χ1v) is 2.04. The predicted molar refractivity (Wildman–Crippen MR) is 25.8 cm³/mol. The molecule has 0 aliphatic heterocycles. The number of aliphatic hydroxyl groups excluding tert-OH is 1. The monoisotopic (exact) mass is 116 g/mol. The molecule has 0 aromatic rings. The molecule has 0 aliphatic carbocycles. The molecule has 4 nitrogen and oxygen atoms in total. The Bertz CT molecular complexity index is 91.3. The first kappa shape index (κ1) is 7.10. The Hall–Kier alpha value is -0.900.